The number of aromatic nitrogens is 2. The molecule has 0 saturated carbocycles. The number of nitrogens with one attached hydrogen (secondary N) is 3. The molecule has 7 nitrogen and oxygen atoms in total. The summed E-state index contributed by atoms with van der Waals surface area (Å²) >= 11 is 2.41. The van der Waals surface area contributed by atoms with Crippen molar-refractivity contribution in [2.24, 2.45) is 0 Å². The topological polar surface area (TPSA) is 96.0 Å². The Morgan fingerprint density at radius 2 is 1.55 bits per heavy atom. The zero-order chi connectivity index (χ0) is 23.0. The molecule has 4 rings (SSSR count). The van der Waals surface area contributed by atoms with Crippen molar-refractivity contribution in [3.8, 4) is 0 Å². The molecule has 0 atom stereocenters. The van der Waals surface area contributed by atoms with Gasteiger partial charge in [0, 0.05) is 5.69 Å². The van der Waals surface area contributed by atoms with Crippen molar-refractivity contribution in [2.45, 2.75) is 4.34 Å². The lowest BCUT2D eigenvalue weighted by Crippen LogP contribution is -2.19. The highest BCUT2D eigenvalue weighted by Crippen LogP contribution is 2.28. The van der Waals surface area contributed by atoms with Crippen LogP contribution in [0.15, 0.2) is 83.2 Å². The number of hydrogen-bond acceptors (Lipinski definition) is 7. The normalized spacial score (nSPS) is 10.5. The summed E-state index contributed by atoms with van der Waals surface area (Å²) in [6.07, 6.45) is 0. The number of nitrogens with zero attached hydrogens (tertiary/aromatic N) is 2. The van der Waals surface area contributed by atoms with E-state index in [0.29, 0.717) is 32.1 Å². The second kappa shape index (κ2) is 10.7. The van der Waals surface area contributed by atoms with Crippen LogP contribution in [0.1, 0.15) is 10.4 Å². The molecule has 0 fully saturated rings. The minimum Gasteiger partial charge on any atom is -0.328 e. The van der Waals surface area contributed by atoms with Crippen LogP contribution >= 0.6 is 23.1 Å². The second-order valence-electron chi connectivity index (χ2n) is 6.68. The number of halogens is 1. The average Bonchev–Trinajstić information content (AvgIpc) is 3.27. The van der Waals surface area contributed by atoms with E-state index in [9.17, 15) is 14.0 Å². The zero-order valence-corrected chi connectivity index (χ0v) is 18.8. The Balaban J connectivity index is 1.34. The van der Waals surface area contributed by atoms with Gasteiger partial charge in [-0.15, -0.1) is 10.2 Å². The molecule has 0 unspecified atom stereocenters. The lowest BCUT2D eigenvalue weighted by molar-refractivity contribution is -0.113. The molecule has 0 aliphatic rings. The zero-order valence-electron chi connectivity index (χ0n) is 17.1. The molecule has 1 heterocycles. The molecule has 0 spiro atoms. The Hall–Kier alpha value is -3.76. The van der Waals surface area contributed by atoms with Crippen LogP contribution in [0.25, 0.3) is 0 Å². The molecule has 3 aromatic carbocycles. The number of rotatable bonds is 8. The predicted molar refractivity (Wildman–Crippen MR) is 130 cm³/mol. The number of carbonyl (C=O) groups excluding carboxylic acids is 2. The maximum atomic E-state index is 13.8. The van der Waals surface area contributed by atoms with Gasteiger partial charge in [-0.1, -0.05) is 65.6 Å². The maximum Gasteiger partial charge on any atom is 0.257 e. The fraction of sp³-hybridized carbons (Fsp3) is 0.0435. The van der Waals surface area contributed by atoms with Crippen LogP contribution in [0.2, 0.25) is 0 Å². The Bertz CT molecular complexity index is 1270. The predicted octanol–water partition coefficient (Wildman–Crippen LogP) is 5.40. The van der Waals surface area contributed by atoms with Gasteiger partial charge >= 0.3 is 0 Å². The maximum absolute atomic E-state index is 13.8. The van der Waals surface area contributed by atoms with Crippen LogP contribution in [0.5, 0.6) is 0 Å². The highest BCUT2D eigenvalue weighted by Gasteiger charge is 2.15. The van der Waals surface area contributed by atoms with Crippen molar-refractivity contribution in [1.82, 2.24) is 10.2 Å². The molecule has 4 aromatic rings. The number of para-hydroxylation sites is 3. The van der Waals surface area contributed by atoms with E-state index in [1.54, 1.807) is 54.6 Å². The first-order chi connectivity index (χ1) is 16.1. The first-order valence-electron chi connectivity index (χ1n) is 9.81. The van der Waals surface area contributed by atoms with Crippen LogP contribution in [-0.2, 0) is 4.79 Å². The molecule has 0 aliphatic carbocycles. The number of anilines is 4. The molecule has 2 amide bonds. The van der Waals surface area contributed by atoms with Gasteiger partial charge in [-0.05, 0) is 36.4 Å². The van der Waals surface area contributed by atoms with Gasteiger partial charge in [-0.25, -0.2) is 4.39 Å². The van der Waals surface area contributed by atoms with Gasteiger partial charge in [0.05, 0.1) is 22.7 Å². The Morgan fingerprint density at radius 3 is 2.33 bits per heavy atom. The van der Waals surface area contributed by atoms with Gasteiger partial charge in [-0.3, -0.25) is 9.59 Å². The van der Waals surface area contributed by atoms with Crippen molar-refractivity contribution in [3.63, 3.8) is 0 Å². The van der Waals surface area contributed by atoms with E-state index < -0.39 is 5.82 Å². The SMILES string of the molecule is O=C(CSc1nnc(Nc2ccccc2F)s1)Nc1ccccc1C(=O)Nc1ccccc1. The second-order valence-corrected chi connectivity index (χ2v) is 8.88. The van der Waals surface area contributed by atoms with E-state index in [1.807, 2.05) is 18.2 Å². The van der Waals surface area contributed by atoms with Gasteiger partial charge in [0.2, 0.25) is 11.0 Å². The van der Waals surface area contributed by atoms with Crippen LogP contribution in [-0.4, -0.2) is 27.8 Å². The molecule has 33 heavy (non-hydrogen) atoms. The number of benzene rings is 3. The Labute approximate surface area is 197 Å². The fourth-order valence-electron chi connectivity index (χ4n) is 2.82. The Kier molecular flexibility index (Phi) is 7.28. The van der Waals surface area contributed by atoms with Gasteiger partial charge in [-0.2, -0.15) is 0 Å². The van der Waals surface area contributed by atoms with Crippen molar-refractivity contribution in [1.29, 1.82) is 0 Å². The van der Waals surface area contributed by atoms with Gasteiger partial charge in [0.15, 0.2) is 4.34 Å². The highest BCUT2D eigenvalue weighted by molar-refractivity contribution is 8.01. The monoisotopic (exact) mass is 479 g/mol. The minimum atomic E-state index is -0.392. The molecule has 0 aliphatic heterocycles. The molecule has 1 aromatic heterocycles. The third-order valence-corrected chi connectivity index (χ3v) is 6.30. The number of hydrogen-bond donors (Lipinski definition) is 3. The van der Waals surface area contributed by atoms with E-state index in [-0.39, 0.29) is 17.6 Å². The fourth-order valence-corrected chi connectivity index (χ4v) is 4.38. The summed E-state index contributed by atoms with van der Waals surface area (Å²) in [6.45, 7) is 0. The molecule has 10 heteroatoms. The minimum absolute atomic E-state index is 0.0724. The van der Waals surface area contributed by atoms with Gasteiger partial charge in [0.25, 0.3) is 5.91 Å². The summed E-state index contributed by atoms with van der Waals surface area (Å²) < 4.78 is 14.3. The van der Waals surface area contributed by atoms with E-state index in [1.165, 1.54) is 29.2 Å². The molecule has 0 radical (unpaired) electrons. The third kappa shape index (κ3) is 6.15. The summed E-state index contributed by atoms with van der Waals surface area (Å²) in [5.74, 6) is -0.934. The molecule has 3 N–H and O–H groups in total. The van der Waals surface area contributed by atoms with E-state index in [2.05, 4.69) is 26.1 Å². The first-order valence-corrected chi connectivity index (χ1v) is 11.6. The van der Waals surface area contributed by atoms with Crippen molar-refractivity contribution in [2.75, 3.05) is 21.7 Å². The smallest absolute Gasteiger partial charge is 0.257 e. The van der Waals surface area contributed by atoms with E-state index >= 15 is 0 Å². The standard InChI is InChI=1S/C23H18FN5O2S2/c24-17-11-5-7-13-19(17)27-22-28-29-23(33-22)32-14-20(30)26-18-12-6-4-10-16(18)21(31)25-15-8-2-1-3-9-15/h1-13H,14H2,(H,25,31)(H,26,30)(H,27,28). The van der Waals surface area contributed by atoms with Crippen LogP contribution < -0.4 is 16.0 Å². The Morgan fingerprint density at radius 1 is 0.848 bits per heavy atom. The van der Waals surface area contributed by atoms with Crippen LogP contribution in [0.3, 0.4) is 0 Å². The third-order valence-electron chi connectivity index (χ3n) is 4.33. The summed E-state index contributed by atoms with van der Waals surface area (Å²) in [4.78, 5) is 25.1. The largest absolute Gasteiger partial charge is 0.328 e. The van der Waals surface area contributed by atoms with E-state index in [4.69, 9.17) is 0 Å². The number of amides is 2. The molecule has 0 bridgehead atoms. The summed E-state index contributed by atoms with van der Waals surface area (Å²) in [7, 11) is 0. The lowest BCUT2D eigenvalue weighted by Gasteiger charge is -2.11. The van der Waals surface area contributed by atoms with Crippen molar-refractivity contribution >= 4 is 57.1 Å². The molecule has 0 saturated heterocycles. The number of thioether (sulfide) groups is 1. The number of carbonyl (C=O) groups is 2. The lowest BCUT2D eigenvalue weighted by atomic mass is 10.1. The van der Waals surface area contributed by atoms with Crippen molar-refractivity contribution < 1.29 is 14.0 Å². The molecular formula is C23H18FN5O2S2. The molecular weight excluding hydrogens is 461 g/mol. The van der Waals surface area contributed by atoms with Crippen LogP contribution in [0, 0.1) is 5.82 Å². The van der Waals surface area contributed by atoms with Crippen LogP contribution in [0.4, 0.5) is 26.6 Å². The quantitative estimate of drug-likeness (QED) is 0.293. The van der Waals surface area contributed by atoms with Gasteiger partial charge in [0.1, 0.15) is 5.82 Å². The summed E-state index contributed by atoms with van der Waals surface area (Å²) in [5, 5.41) is 16.9. The molecule has 166 valence electrons. The summed E-state index contributed by atoms with van der Waals surface area (Å²) in [5.41, 5.74) is 1.73. The average molecular weight is 480 g/mol. The van der Waals surface area contributed by atoms with E-state index in [0.717, 1.165) is 0 Å². The van der Waals surface area contributed by atoms with Crippen molar-refractivity contribution in [3.05, 3.63) is 90.2 Å². The highest BCUT2D eigenvalue weighted by atomic mass is 32.2. The first kappa shape index (κ1) is 22.4. The van der Waals surface area contributed by atoms with Gasteiger partial charge < -0.3 is 16.0 Å². The summed E-state index contributed by atoms with van der Waals surface area (Å²) in [6, 6.07) is 22.1.